The quantitative estimate of drug-likeness (QED) is 0.461. The third-order valence-corrected chi connectivity index (χ3v) is 3.50. The van der Waals surface area contributed by atoms with Gasteiger partial charge in [0.2, 0.25) is 0 Å². The summed E-state index contributed by atoms with van der Waals surface area (Å²) in [6.45, 7) is 2.00. The first-order chi connectivity index (χ1) is 7.77. The zero-order chi connectivity index (χ0) is 11.7. The molecule has 1 fully saturated rings. The molecule has 0 radical (unpaired) electrons. The largest absolute Gasteiger partial charge is 0.396 e. The summed E-state index contributed by atoms with van der Waals surface area (Å²) in [5, 5.41) is 22.3. The van der Waals surface area contributed by atoms with Gasteiger partial charge in [-0.3, -0.25) is 0 Å². The lowest BCUT2D eigenvalue weighted by molar-refractivity contribution is 0.0254. The second kappa shape index (κ2) is 8.04. The van der Waals surface area contributed by atoms with E-state index in [2.05, 4.69) is 5.32 Å². The molecule has 1 saturated carbocycles. The van der Waals surface area contributed by atoms with E-state index in [1.54, 1.807) is 0 Å². The van der Waals surface area contributed by atoms with Gasteiger partial charge in [-0.1, -0.05) is 25.7 Å². The third kappa shape index (κ3) is 5.83. The zero-order valence-corrected chi connectivity index (χ0v) is 10.4. The predicted octanol–water partition coefficient (Wildman–Crippen LogP) is 1.82. The van der Waals surface area contributed by atoms with Crippen molar-refractivity contribution in [3.63, 3.8) is 0 Å². The van der Waals surface area contributed by atoms with Crippen LogP contribution >= 0.6 is 0 Å². The number of hydrogen-bond acceptors (Lipinski definition) is 3. The van der Waals surface area contributed by atoms with Crippen LogP contribution < -0.4 is 5.32 Å². The minimum Gasteiger partial charge on any atom is -0.396 e. The molecule has 0 aromatic rings. The molecule has 3 N–H and O–H groups in total. The highest BCUT2D eigenvalue weighted by molar-refractivity contribution is 4.83. The molecule has 0 unspecified atom stereocenters. The molecule has 0 bridgehead atoms. The molecule has 96 valence electrons. The average molecular weight is 229 g/mol. The Morgan fingerprint density at radius 2 is 1.62 bits per heavy atom. The van der Waals surface area contributed by atoms with Crippen LogP contribution in [0.2, 0.25) is 0 Å². The minimum atomic E-state index is -0.451. The van der Waals surface area contributed by atoms with E-state index < -0.39 is 5.60 Å². The van der Waals surface area contributed by atoms with Crippen molar-refractivity contribution in [3.8, 4) is 0 Å². The highest BCUT2D eigenvalue weighted by atomic mass is 16.3. The van der Waals surface area contributed by atoms with Gasteiger partial charge in [-0.2, -0.15) is 0 Å². The van der Waals surface area contributed by atoms with Crippen LogP contribution in [0.4, 0.5) is 0 Å². The molecule has 0 saturated heterocycles. The number of aliphatic hydroxyl groups is 2. The molecule has 1 aliphatic rings. The minimum absolute atomic E-state index is 0.296. The van der Waals surface area contributed by atoms with Gasteiger partial charge in [-0.15, -0.1) is 0 Å². The highest BCUT2D eigenvalue weighted by Crippen LogP contribution is 2.26. The topological polar surface area (TPSA) is 52.5 Å². The maximum atomic E-state index is 10.4. The molecule has 0 aromatic heterocycles. The van der Waals surface area contributed by atoms with Gasteiger partial charge in [-0.05, 0) is 38.6 Å². The lowest BCUT2D eigenvalue weighted by atomic mass is 9.94. The number of unbranched alkanes of at least 4 members (excludes halogenated alkanes) is 2. The molecule has 0 heterocycles. The Kier molecular flexibility index (Phi) is 7.01. The molecule has 3 heteroatoms. The lowest BCUT2D eigenvalue weighted by Gasteiger charge is -2.26. The molecule has 0 spiro atoms. The molecule has 1 aliphatic carbocycles. The molecule has 0 amide bonds. The first-order valence-corrected chi connectivity index (χ1v) is 6.81. The second-order valence-electron chi connectivity index (χ2n) is 5.10. The zero-order valence-electron chi connectivity index (χ0n) is 10.4. The summed E-state index contributed by atoms with van der Waals surface area (Å²) in [7, 11) is 0. The Bertz CT molecular complexity index is 165. The van der Waals surface area contributed by atoms with Crippen molar-refractivity contribution < 1.29 is 10.2 Å². The Morgan fingerprint density at radius 1 is 0.938 bits per heavy atom. The van der Waals surface area contributed by atoms with Gasteiger partial charge < -0.3 is 15.5 Å². The Balaban J connectivity index is 2.05. The van der Waals surface area contributed by atoms with Gasteiger partial charge in [0.05, 0.1) is 5.60 Å². The van der Waals surface area contributed by atoms with E-state index in [1.165, 1.54) is 25.7 Å². The number of aliphatic hydroxyl groups excluding tert-OH is 1. The van der Waals surface area contributed by atoms with Crippen LogP contribution in [-0.2, 0) is 0 Å². The summed E-state index contributed by atoms with van der Waals surface area (Å²) in [4.78, 5) is 0. The Morgan fingerprint density at radius 3 is 2.25 bits per heavy atom. The second-order valence-corrected chi connectivity index (χ2v) is 5.10. The van der Waals surface area contributed by atoms with Crippen molar-refractivity contribution in [3.05, 3.63) is 0 Å². The van der Waals surface area contributed by atoms with Crippen LogP contribution in [0.25, 0.3) is 0 Å². The van der Waals surface area contributed by atoms with Gasteiger partial charge in [0.1, 0.15) is 0 Å². The summed E-state index contributed by atoms with van der Waals surface area (Å²) in [5.41, 5.74) is -0.451. The van der Waals surface area contributed by atoms with Crippen LogP contribution in [0.5, 0.6) is 0 Å². The van der Waals surface area contributed by atoms with Gasteiger partial charge in [0.15, 0.2) is 0 Å². The summed E-state index contributed by atoms with van der Waals surface area (Å²) >= 11 is 0. The fourth-order valence-electron chi connectivity index (χ4n) is 2.42. The average Bonchev–Trinajstić information content (AvgIpc) is 2.49. The van der Waals surface area contributed by atoms with E-state index in [0.717, 1.165) is 45.2 Å². The van der Waals surface area contributed by atoms with Crippen molar-refractivity contribution >= 4 is 0 Å². The monoisotopic (exact) mass is 229 g/mol. The van der Waals surface area contributed by atoms with Crippen LogP contribution in [0, 0.1) is 0 Å². The summed E-state index contributed by atoms with van der Waals surface area (Å²) in [6, 6.07) is 0. The normalized spacial score (nSPS) is 20.6. The SMILES string of the molecule is OCCCCCNCC1(O)CCCCCC1. The van der Waals surface area contributed by atoms with Crippen LogP contribution in [0.3, 0.4) is 0 Å². The van der Waals surface area contributed by atoms with E-state index in [1.807, 2.05) is 0 Å². The fourth-order valence-corrected chi connectivity index (χ4v) is 2.42. The molecule has 0 aromatic carbocycles. The number of nitrogens with one attached hydrogen (secondary N) is 1. The van der Waals surface area contributed by atoms with Gasteiger partial charge in [0.25, 0.3) is 0 Å². The lowest BCUT2D eigenvalue weighted by Crippen LogP contribution is -2.40. The molecular weight excluding hydrogens is 202 g/mol. The van der Waals surface area contributed by atoms with Crippen molar-refractivity contribution in [2.45, 2.75) is 63.4 Å². The summed E-state index contributed by atoms with van der Waals surface area (Å²) in [5.74, 6) is 0. The molecule has 0 aliphatic heterocycles. The summed E-state index contributed by atoms with van der Waals surface area (Å²) in [6.07, 6.45) is 9.86. The molecule has 3 nitrogen and oxygen atoms in total. The first kappa shape index (κ1) is 13.9. The fraction of sp³-hybridized carbons (Fsp3) is 1.00. The van der Waals surface area contributed by atoms with Crippen LogP contribution in [0.1, 0.15) is 57.8 Å². The van der Waals surface area contributed by atoms with Crippen LogP contribution in [-0.4, -0.2) is 35.5 Å². The van der Waals surface area contributed by atoms with Gasteiger partial charge in [-0.25, -0.2) is 0 Å². The first-order valence-electron chi connectivity index (χ1n) is 6.81. The van der Waals surface area contributed by atoms with E-state index in [9.17, 15) is 5.11 Å². The van der Waals surface area contributed by atoms with E-state index in [-0.39, 0.29) is 0 Å². The predicted molar refractivity (Wildman–Crippen MR) is 66.5 cm³/mol. The van der Waals surface area contributed by atoms with Crippen LogP contribution in [0.15, 0.2) is 0 Å². The van der Waals surface area contributed by atoms with E-state index in [4.69, 9.17) is 5.11 Å². The van der Waals surface area contributed by atoms with E-state index in [0.29, 0.717) is 6.61 Å². The molecule has 0 atom stereocenters. The maximum absolute atomic E-state index is 10.4. The molecular formula is C13H27NO2. The number of rotatable bonds is 7. The Labute approximate surface area is 99.3 Å². The third-order valence-electron chi connectivity index (χ3n) is 3.50. The van der Waals surface area contributed by atoms with E-state index >= 15 is 0 Å². The molecule has 16 heavy (non-hydrogen) atoms. The highest BCUT2D eigenvalue weighted by Gasteiger charge is 2.26. The van der Waals surface area contributed by atoms with Crippen molar-refractivity contribution in [1.29, 1.82) is 0 Å². The standard InChI is InChI=1S/C13H27NO2/c15-11-7-3-6-10-14-12-13(16)8-4-1-2-5-9-13/h14-16H,1-12H2. The van der Waals surface area contributed by atoms with Crippen molar-refractivity contribution in [2.24, 2.45) is 0 Å². The molecule has 1 rings (SSSR count). The summed E-state index contributed by atoms with van der Waals surface area (Å²) < 4.78 is 0. The van der Waals surface area contributed by atoms with Gasteiger partial charge in [0, 0.05) is 13.2 Å². The van der Waals surface area contributed by atoms with Crippen molar-refractivity contribution in [1.82, 2.24) is 5.32 Å². The smallest absolute Gasteiger partial charge is 0.0771 e. The van der Waals surface area contributed by atoms with Gasteiger partial charge >= 0.3 is 0 Å². The van der Waals surface area contributed by atoms with Crippen molar-refractivity contribution in [2.75, 3.05) is 19.7 Å². The maximum Gasteiger partial charge on any atom is 0.0771 e. The number of hydrogen-bond donors (Lipinski definition) is 3. The Hall–Kier alpha value is -0.120.